The molecular formula is C23H22N2O4S. The fraction of sp³-hybridized carbons (Fsp3) is 0.348. The van der Waals surface area contributed by atoms with Gasteiger partial charge in [-0.2, -0.15) is 5.26 Å². The first-order valence-electron chi connectivity index (χ1n) is 9.91. The fourth-order valence-electron chi connectivity index (χ4n) is 3.80. The number of nitrogens with one attached hydrogen (secondary N) is 1. The second-order valence-electron chi connectivity index (χ2n) is 7.81. The van der Waals surface area contributed by atoms with Crippen LogP contribution >= 0.6 is 11.3 Å². The van der Waals surface area contributed by atoms with E-state index in [0.717, 1.165) is 46.9 Å². The number of amides is 1. The molecule has 1 N–H and O–H groups in total. The maximum atomic E-state index is 12.3. The SMILES string of the molecule is Cc1ccc2c(CC(=O)OCC(=O)Nc3sc4c(c3C#N)CCC(C)C4)coc2c1. The lowest BCUT2D eigenvalue weighted by Crippen LogP contribution is -2.21. The molecule has 1 aromatic carbocycles. The van der Waals surface area contributed by atoms with Crippen molar-refractivity contribution in [1.82, 2.24) is 0 Å². The zero-order valence-corrected chi connectivity index (χ0v) is 17.7. The summed E-state index contributed by atoms with van der Waals surface area (Å²) in [7, 11) is 0. The van der Waals surface area contributed by atoms with Gasteiger partial charge in [0.1, 0.15) is 16.7 Å². The molecule has 7 heteroatoms. The van der Waals surface area contributed by atoms with Crippen LogP contribution in [0.5, 0.6) is 0 Å². The molecule has 3 aromatic rings. The lowest BCUT2D eigenvalue weighted by Gasteiger charge is -2.17. The first-order chi connectivity index (χ1) is 14.4. The van der Waals surface area contributed by atoms with Crippen molar-refractivity contribution in [1.29, 1.82) is 5.26 Å². The van der Waals surface area contributed by atoms with Gasteiger partial charge in [0.05, 0.1) is 18.2 Å². The molecule has 0 radical (unpaired) electrons. The van der Waals surface area contributed by atoms with Crippen LogP contribution in [0.25, 0.3) is 11.0 Å². The number of nitrogens with zero attached hydrogens (tertiary/aromatic N) is 1. The van der Waals surface area contributed by atoms with Crippen LogP contribution in [0.3, 0.4) is 0 Å². The van der Waals surface area contributed by atoms with E-state index in [9.17, 15) is 14.9 Å². The molecule has 0 bridgehead atoms. The van der Waals surface area contributed by atoms with E-state index in [0.29, 0.717) is 16.5 Å². The number of thiophene rings is 1. The van der Waals surface area contributed by atoms with E-state index in [-0.39, 0.29) is 6.42 Å². The summed E-state index contributed by atoms with van der Waals surface area (Å²) < 4.78 is 10.6. The van der Waals surface area contributed by atoms with Crippen molar-refractivity contribution in [3.05, 3.63) is 51.6 Å². The van der Waals surface area contributed by atoms with Gasteiger partial charge in [0, 0.05) is 15.8 Å². The largest absolute Gasteiger partial charge is 0.464 e. The number of furan rings is 1. The maximum absolute atomic E-state index is 12.3. The number of hydrogen-bond acceptors (Lipinski definition) is 6. The number of esters is 1. The Balaban J connectivity index is 1.36. The number of anilines is 1. The van der Waals surface area contributed by atoms with Crippen LogP contribution < -0.4 is 5.32 Å². The van der Waals surface area contributed by atoms with E-state index in [4.69, 9.17) is 9.15 Å². The molecule has 2 heterocycles. The van der Waals surface area contributed by atoms with Gasteiger partial charge in [-0.1, -0.05) is 19.1 Å². The first kappa shape index (κ1) is 20.2. The number of hydrogen-bond donors (Lipinski definition) is 1. The maximum Gasteiger partial charge on any atom is 0.310 e. The highest BCUT2D eigenvalue weighted by atomic mass is 32.1. The molecule has 0 fully saturated rings. The molecule has 1 aliphatic carbocycles. The molecule has 1 aliphatic rings. The highest BCUT2D eigenvalue weighted by Crippen LogP contribution is 2.39. The predicted molar refractivity (Wildman–Crippen MR) is 114 cm³/mol. The molecule has 4 rings (SSSR count). The van der Waals surface area contributed by atoms with Crippen LogP contribution in [-0.4, -0.2) is 18.5 Å². The van der Waals surface area contributed by atoms with Crippen molar-refractivity contribution < 1.29 is 18.7 Å². The van der Waals surface area contributed by atoms with E-state index in [1.165, 1.54) is 16.2 Å². The number of carbonyl (C=O) groups excluding carboxylic acids is 2. The standard InChI is InChI=1S/C23H22N2O4S/c1-13-3-5-16-15(11-28-19(16)7-13)9-22(27)29-12-21(26)25-23-18(10-24)17-6-4-14(2)8-20(17)30-23/h3,5,7,11,14H,4,6,8-9,12H2,1-2H3,(H,25,26). The summed E-state index contributed by atoms with van der Waals surface area (Å²) in [6.07, 6.45) is 4.40. The molecule has 0 spiro atoms. The van der Waals surface area contributed by atoms with Gasteiger partial charge in [0.2, 0.25) is 0 Å². The molecular weight excluding hydrogens is 400 g/mol. The summed E-state index contributed by atoms with van der Waals surface area (Å²) in [6, 6.07) is 7.99. The normalized spacial score (nSPS) is 15.4. The molecule has 0 aliphatic heterocycles. The topological polar surface area (TPSA) is 92.3 Å². The minimum absolute atomic E-state index is 0.0258. The van der Waals surface area contributed by atoms with Crippen molar-refractivity contribution in [3.8, 4) is 6.07 Å². The number of nitriles is 1. The second-order valence-corrected chi connectivity index (χ2v) is 8.92. The Kier molecular flexibility index (Phi) is 5.60. The molecule has 1 atom stereocenters. The van der Waals surface area contributed by atoms with E-state index in [1.807, 2.05) is 25.1 Å². The number of rotatable bonds is 5. The number of ether oxygens (including phenoxy) is 1. The van der Waals surface area contributed by atoms with Gasteiger partial charge in [-0.05, 0) is 49.3 Å². The highest BCUT2D eigenvalue weighted by Gasteiger charge is 2.25. The minimum Gasteiger partial charge on any atom is -0.464 e. The molecule has 6 nitrogen and oxygen atoms in total. The molecule has 30 heavy (non-hydrogen) atoms. The summed E-state index contributed by atoms with van der Waals surface area (Å²) in [4.78, 5) is 25.7. The Morgan fingerprint density at radius 3 is 3.03 bits per heavy atom. The van der Waals surface area contributed by atoms with Crippen LogP contribution in [0, 0.1) is 24.2 Å². The number of fused-ring (bicyclic) bond motifs is 2. The van der Waals surface area contributed by atoms with Crippen molar-refractivity contribution >= 4 is 39.2 Å². The Hall–Kier alpha value is -3.11. The second kappa shape index (κ2) is 8.33. The van der Waals surface area contributed by atoms with Gasteiger partial charge >= 0.3 is 5.97 Å². The third-order valence-electron chi connectivity index (χ3n) is 5.39. The summed E-state index contributed by atoms with van der Waals surface area (Å²) >= 11 is 1.45. The van der Waals surface area contributed by atoms with Crippen LogP contribution in [0.15, 0.2) is 28.9 Å². The molecule has 0 saturated carbocycles. The monoisotopic (exact) mass is 422 g/mol. The van der Waals surface area contributed by atoms with Crippen molar-refractivity contribution in [3.63, 3.8) is 0 Å². The fourth-order valence-corrected chi connectivity index (χ4v) is 5.18. The van der Waals surface area contributed by atoms with Gasteiger partial charge < -0.3 is 14.5 Å². The van der Waals surface area contributed by atoms with Gasteiger partial charge in [0.25, 0.3) is 5.91 Å². The van der Waals surface area contributed by atoms with E-state index in [1.54, 1.807) is 6.26 Å². The Morgan fingerprint density at radius 2 is 2.23 bits per heavy atom. The quantitative estimate of drug-likeness (QED) is 0.610. The number of benzene rings is 1. The minimum atomic E-state index is -0.506. The zero-order chi connectivity index (χ0) is 21.3. The summed E-state index contributed by atoms with van der Waals surface area (Å²) in [6.45, 7) is 3.77. The van der Waals surface area contributed by atoms with Crippen LogP contribution in [-0.2, 0) is 33.6 Å². The summed E-state index contributed by atoms with van der Waals surface area (Å²) in [5, 5.41) is 13.7. The van der Waals surface area contributed by atoms with Crippen molar-refractivity contribution in [2.24, 2.45) is 5.92 Å². The van der Waals surface area contributed by atoms with Gasteiger partial charge in [-0.15, -0.1) is 11.3 Å². The summed E-state index contributed by atoms with van der Waals surface area (Å²) in [5.41, 5.74) is 4.11. The smallest absolute Gasteiger partial charge is 0.310 e. The van der Waals surface area contributed by atoms with Crippen LogP contribution in [0.2, 0.25) is 0 Å². The van der Waals surface area contributed by atoms with Crippen molar-refractivity contribution in [2.45, 2.75) is 39.5 Å². The van der Waals surface area contributed by atoms with Gasteiger partial charge in [-0.3, -0.25) is 9.59 Å². The predicted octanol–water partition coefficient (Wildman–Crippen LogP) is 4.52. The highest BCUT2D eigenvalue weighted by molar-refractivity contribution is 7.16. The molecule has 0 saturated heterocycles. The van der Waals surface area contributed by atoms with E-state index in [2.05, 4.69) is 18.3 Å². The molecule has 1 amide bonds. The van der Waals surface area contributed by atoms with Crippen molar-refractivity contribution in [2.75, 3.05) is 11.9 Å². The number of aryl methyl sites for hydroxylation is 1. The Morgan fingerprint density at radius 1 is 1.40 bits per heavy atom. The molecule has 1 unspecified atom stereocenters. The van der Waals surface area contributed by atoms with Gasteiger partial charge in [0.15, 0.2) is 6.61 Å². The Labute approximate surface area is 178 Å². The lowest BCUT2D eigenvalue weighted by atomic mass is 9.89. The lowest BCUT2D eigenvalue weighted by molar-refractivity contribution is -0.146. The Bertz CT molecular complexity index is 1170. The van der Waals surface area contributed by atoms with Crippen LogP contribution in [0.1, 0.15) is 40.5 Å². The third-order valence-corrected chi connectivity index (χ3v) is 6.56. The van der Waals surface area contributed by atoms with Crippen LogP contribution in [0.4, 0.5) is 5.00 Å². The molecule has 154 valence electrons. The zero-order valence-electron chi connectivity index (χ0n) is 16.9. The van der Waals surface area contributed by atoms with E-state index >= 15 is 0 Å². The van der Waals surface area contributed by atoms with Gasteiger partial charge in [-0.25, -0.2) is 0 Å². The average Bonchev–Trinajstić information content (AvgIpc) is 3.25. The summed E-state index contributed by atoms with van der Waals surface area (Å²) in [5.74, 6) is -0.373. The third kappa shape index (κ3) is 4.10. The first-order valence-corrected chi connectivity index (χ1v) is 10.7. The average molecular weight is 423 g/mol. The number of carbonyl (C=O) groups is 2. The van der Waals surface area contributed by atoms with E-state index < -0.39 is 18.5 Å². The molecule has 2 aromatic heterocycles.